The number of hydrogen-bond acceptors (Lipinski definition) is 7. The first-order valence-corrected chi connectivity index (χ1v) is 11.2. The summed E-state index contributed by atoms with van der Waals surface area (Å²) in [5.41, 5.74) is 1.39. The molecule has 0 radical (unpaired) electrons. The second-order valence-corrected chi connectivity index (χ2v) is 8.55. The molecule has 0 spiro atoms. The molecule has 154 valence electrons. The Morgan fingerprint density at radius 2 is 1.84 bits per heavy atom. The van der Waals surface area contributed by atoms with Gasteiger partial charge in [0.05, 0.1) is 29.5 Å². The van der Waals surface area contributed by atoms with Crippen molar-refractivity contribution >= 4 is 38.6 Å². The summed E-state index contributed by atoms with van der Waals surface area (Å²) in [6, 6.07) is 18.6. The quantitative estimate of drug-likeness (QED) is 0.238. The molecule has 0 fully saturated rings. The fourth-order valence-corrected chi connectivity index (χ4v) is 4.21. The molecule has 2 aromatic carbocycles. The Balaban J connectivity index is 1.44. The molecule has 5 aromatic rings. The van der Waals surface area contributed by atoms with Crippen molar-refractivity contribution < 1.29 is 8.94 Å². The lowest BCUT2D eigenvalue weighted by atomic mass is 10.2. The second kappa shape index (κ2) is 8.52. The molecule has 0 saturated heterocycles. The number of hydrogen-bond donors (Lipinski definition) is 0. The maximum atomic E-state index is 13.1. The van der Waals surface area contributed by atoms with Crippen molar-refractivity contribution in [3.63, 3.8) is 0 Å². The van der Waals surface area contributed by atoms with Gasteiger partial charge in [0.25, 0.3) is 5.56 Å². The molecular formula is C22H15BrN4O3S. The first-order chi connectivity index (χ1) is 15.2. The Hall–Kier alpha value is -3.17. The molecule has 31 heavy (non-hydrogen) atoms. The van der Waals surface area contributed by atoms with Gasteiger partial charge in [-0.1, -0.05) is 45.0 Å². The highest BCUT2D eigenvalue weighted by atomic mass is 79.9. The van der Waals surface area contributed by atoms with Crippen molar-refractivity contribution in [3.05, 3.63) is 93.4 Å². The number of benzene rings is 2. The lowest BCUT2D eigenvalue weighted by molar-refractivity contribution is 0.391. The zero-order valence-electron chi connectivity index (χ0n) is 16.1. The van der Waals surface area contributed by atoms with Crippen molar-refractivity contribution in [2.75, 3.05) is 0 Å². The van der Waals surface area contributed by atoms with Crippen LogP contribution in [0.4, 0.5) is 0 Å². The summed E-state index contributed by atoms with van der Waals surface area (Å²) in [6.07, 6.45) is 1.59. The summed E-state index contributed by atoms with van der Waals surface area (Å²) in [5, 5.41) is 5.18. The van der Waals surface area contributed by atoms with E-state index in [1.165, 1.54) is 11.8 Å². The van der Waals surface area contributed by atoms with E-state index in [0.717, 1.165) is 10.0 Å². The molecule has 0 N–H and O–H groups in total. The van der Waals surface area contributed by atoms with Gasteiger partial charge in [0.2, 0.25) is 11.7 Å². The molecule has 0 amide bonds. The van der Waals surface area contributed by atoms with Crippen molar-refractivity contribution in [1.29, 1.82) is 0 Å². The molecule has 9 heteroatoms. The average Bonchev–Trinajstić information content (AvgIpc) is 3.47. The van der Waals surface area contributed by atoms with Gasteiger partial charge in [0, 0.05) is 10.0 Å². The number of aromatic nitrogens is 4. The summed E-state index contributed by atoms with van der Waals surface area (Å²) < 4.78 is 13.4. The lowest BCUT2D eigenvalue weighted by Gasteiger charge is -2.11. The lowest BCUT2D eigenvalue weighted by Crippen LogP contribution is -2.23. The van der Waals surface area contributed by atoms with Crippen LogP contribution in [0.25, 0.3) is 22.3 Å². The predicted molar refractivity (Wildman–Crippen MR) is 121 cm³/mol. The molecule has 5 rings (SSSR count). The number of rotatable bonds is 6. The Morgan fingerprint density at radius 1 is 1.00 bits per heavy atom. The largest absolute Gasteiger partial charge is 0.467 e. The monoisotopic (exact) mass is 494 g/mol. The van der Waals surface area contributed by atoms with E-state index < -0.39 is 0 Å². The van der Waals surface area contributed by atoms with Gasteiger partial charge in [-0.05, 0) is 48.5 Å². The average molecular weight is 495 g/mol. The van der Waals surface area contributed by atoms with Crippen LogP contribution in [0.15, 0.2) is 90.3 Å². The van der Waals surface area contributed by atoms with Crippen LogP contribution in [-0.2, 0) is 12.3 Å². The molecule has 0 unspecified atom stereocenters. The van der Waals surface area contributed by atoms with Gasteiger partial charge in [-0.2, -0.15) is 4.98 Å². The van der Waals surface area contributed by atoms with E-state index >= 15 is 0 Å². The summed E-state index contributed by atoms with van der Waals surface area (Å²) in [6.45, 7) is 0.292. The highest BCUT2D eigenvalue weighted by Crippen LogP contribution is 2.24. The van der Waals surface area contributed by atoms with E-state index in [0.29, 0.717) is 45.8 Å². The SMILES string of the molecule is O=c1c2ccccc2nc(SCc2nc(-c3ccc(Br)cc3)no2)n1Cc1ccco1. The minimum Gasteiger partial charge on any atom is -0.467 e. The highest BCUT2D eigenvalue weighted by molar-refractivity contribution is 9.10. The van der Waals surface area contributed by atoms with Crippen LogP contribution in [-0.4, -0.2) is 19.7 Å². The molecule has 0 saturated carbocycles. The molecule has 3 heterocycles. The maximum absolute atomic E-state index is 13.1. The van der Waals surface area contributed by atoms with Gasteiger partial charge < -0.3 is 8.94 Å². The summed E-state index contributed by atoms with van der Waals surface area (Å²) in [4.78, 5) is 22.3. The fourth-order valence-electron chi connectivity index (χ4n) is 3.11. The highest BCUT2D eigenvalue weighted by Gasteiger charge is 2.15. The second-order valence-electron chi connectivity index (χ2n) is 6.69. The normalized spacial score (nSPS) is 11.3. The van der Waals surface area contributed by atoms with E-state index in [2.05, 4.69) is 26.1 Å². The van der Waals surface area contributed by atoms with Crippen LogP contribution < -0.4 is 5.56 Å². The van der Waals surface area contributed by atoms with Crippen LogP contribution in [0, 0.1) is 0 Å². The van der Waals surface area contributed by atoms with Crippen LogP contribution in [0.3, 0.4) is 0 Å². The van der Waals surface area contributed by atoms with Crippen LogP contribution >= 0.6 is 27.7 Å². The molecule has 0 aliphatic rings. The minimum atomic E-state index is -0.120. The predicted octanol–water partition coefficient (Wildman–Crippen LogP) is 5.14. The van der Waals surface area contributed by atoms with Crippen molar-refractivity contribution in [1.82, 2.24) is 19.7 Å². The smallest absolute Gasteiger partial charge is 0.262 e. The van der Waals surface area contributed by atoms with Gasteiger partial charge in [-0.25, -0.2) is 4.98 Å². The van der Waals surface area contributed by atoms with E-state index in [-0.39, 0.29) is 5.56 Å². The zero-order chi connectivity index (χ0) is 21.2. The molecule has 0 atom stereocenters. The Labute approximate surface area is 189 Å². The zero-order valence-corrected chi connectivity index (χ0v) is 18.5. The number of halogens is 1. The van der Waals surface area contributed by atoms with E-state index in [1.807, 2.05) is 48.5 Å². The van der Waals surface area contributed by atoms with Crippen LogP contribution in [0.5, 0.6) is 0 Å². The third-order valence-corrected chi connectivity index (χ3v) is 6.11. The minimum absolute atomic E-state index is 0.120. The topological polar surface area (TPSA) is 87.0 Å². The maximum Gasteiger partial charge on any atom is 0.262 e. The molecule has 0 aliphatic carbocycles. The molecule has 3 aromatic heterocycles. The van der Waals surface area contributed by atoms with E-state index in [4.69, 9.17) is 13.9 Å². The third-order valence-electron chi connectivity index (χ3n) is 4.62. The van der Waals surface area contributed by atoms with Gasteiger partial charge in [-0.15, -0.1) is 0 Å². The standard InChI is InChI=1S/C22H15BrN4O3S/c23-15-9-7-14(8-10-15)20-25-19(30-26-20)13-31-22-24-18-6-2-1-5-17(18)21(28)27(22)12-16-4-3-11-29-16/h1-11H,12-13H2. The number of para-hydroxylation sites is 1. The number of fused-ring (bicyclic) bond motifs is 1. The third kappa shape index (κ3) is 4.19. The van der Waals surface area contributed by atoms with Crippen molar-refractivity contribution in [2.24, 2.45) is 0 Å². The Bertz CT molecular complexity index is 1390. The molecular weight excluding hydrogens is 480 g/mol. The Morgan fingerprint density at radius 3 is 2.65 bits per heavy atom. The Kier molecular flexibility index (Phi) is 5.44. The number of nitrogens with zero attached hydrogens (tertiary/aromatic N) is 4. The number of furan rings is 1. The van der Waals surface area contributed by atoms with Gasteiger partial charge >= 0.3 is 0 Å². The van der Waals surface area contributed by atoms with Gasteiger partial charge in [0.15, 0.2) is 5.16 Å². The molecule has 0 bridgehead atoms. The van der Waals surface area contributed by atoms with Gasteiger partial charge in [0.1, 0.15) is 5.76 Å². The van der Waals surface area contributed by atoms with Crippen molar-refractivity contribution in [3.8, 4) is 11.4 Å². The first-order valence-electron chi connectivity index (χ1n) is 9.41. The van der Waals surface area contributed by atoms with Crippen molar-refractivity contribution in [2.45, 2.75) is 17.5 Å². The summed E-state index contributed by atoms with van der Waals surface area (Å²) in [5.74, 6) is 2.03. The van der Waals surface area contributed by atoms with Crippen LogP contribution in [0.1, 0.15) is 11.7 Å². The van der Waals surface area contributed by atoms with E-state index in [9.17, 15) is 4.79 Å². The summed E-state index contributed by atoms with van der Waals surface area (Å²) in [7, 11) is 0. The van der Waals surface area contributed by atoms with E-state index in [1.54, 1.807) is 23.0 Å². The van der Waals surface area contributed by atoms with Crippen LogP contribution in [0.2, 0.25) is 0 Å². The fraction of sp³-hybridized carbons (Fsp3) is 0.0909. The first kappa shape index (κ1) is 19.8. The molecule has 7 nitrogen and oxygen atoms in total. The molecule has 0 aliphatic heterocycles. The van der Waals surface area contributed by atoms with Gasteiger partial charge in [-0.3, -0.25) is 9.36 Å². The summed E-state index contributed by atoms with van der Waals surface area (Å²) >= 11 is 4.78. The number of thioether (sulfide) groups is 1.